The Hall–Kier alpha value is -2.56. The number of pyridine rings is 1. The van der Waals surface area contributed by atoms with Crippen LogP contribution in [0.2, 0.25) is 0 Å². The van der Waals surface area contributed by atoms with Crippen LogP contribution in [0, 0.1) is 5.92 Å². The lowest BCUT2D eigenvalue weighted by molar-refractivity contribution is 0.254. The van der Waals surface area contributed by atoms with Crippen LogP contribution in [0.1, 0.15) is 32.1 Å². The van der Waals surface area contributed by atoms with Gasteiger partial charge in [0.05, 0.1) is 20.0 Å². The number of hydrogen-bond acceptors (Lipinski definition) is 8. The van der Waals surface area contributed by atoms with E-state index in [1.807, 2.05) is 30.3 Å². The molecule has 1 aromatic carbocycles. The highest BCUT2D eigenvalue weighted by molar-refractivity contribution is 7.88. The highest BCUT2D eigenvalue weighted by atomic mass is 32.2. The largest absolute Gasteiger partial charge is 0.493 e. The average molecular weight is 518 g/mol. The molecule has 2 aliphatic rings. The van der Waals surface area contributed by atoms with Crippen molar-refractivity contribution in [1.29, 1.82) is 0 Å². The third-order valence-corrected chi connectivity index (χ3v) is 8.21. The molecule has 3 heterocycles. The number of benzene rings is 1. The van der Waals surface area contributed by atoms with Gasteiger partial charge in [-0.05, 0) is 69.3 Å². The van der Waals surface area contributed by atoms with E-state index < -0.39 is 10.0 Å². The molecule has 2 fully saturated rings. The maximum Gasteiger partial charge on any atom is 0.211 e. The smallest absolute Gasteiger partial charge is 0.211 e. The number of nitrogens with zero attached hydrogens (tertiary/aromatic N) is 3. The highest BCUT2D eigenvalue weighted by Crippen LogP contribution is 2.32. The van der Waals surface area contributed by atoms with Crippen molar-refractivity contribution in [3.63, 3.8) is 0 Å². The van der Waals surface area contributed by atoms with Crippen molar-refractivity contribution in [2.45, 2.75) is 32.1 Å². The lowest BCUT2D eigenvalue weighted by Gasteiger charge is -2.30. The number of rotatable bonds is 12. The van der Waals surface area contributed by atoms with Crippen LogP contribution in [0.25, 0.3) is 0 Å². The molecule has 2 saturated heterocycles. The SMILES string of the molecule is COc1ccc(Nc2cc(NCC3CCN(S(C)(=O)=O)CC3)ccn2)cc1OCCCN1CCCC1. The van der Waals surface area contributed by atoms with Gasteiger partial charge in [0.1, 0.15) is 5.82 Å². The van der Waals surface area contributed by atoms with E-state index in [0.29, 0.717) is 31.4 Å². The van der Waals surface area contributed by atoms with Gasteiger partial charge < -0.3 is 25.0 Å². The first-order chi connectivity index (χ1) is 17.4. The summed E-state index contributed by atoms with van der Waals surface area (Å²) in [6.45, 7) is 6.11. The molecule has 0 spiro atoms. The van der Waals surface area contributed by atoms with Gasteiger partial charge in [0.25, 0.3) is 0 Å². The van der Waals surface area contributed by atoms with Gasteiger partial charge in [0, 0.05) is 55.9 Å². The monoisotopic (exact) mass is 517 g/mol. The van der Waals surface area contributed by atoms with Gasteiger partial charge >= 0.3 is 0 Å². The van der Waals surface area contributed by atoms with Crippen molar-refractivity contribution in [1.82, 2.24) is 14.2 Å². The molecule has 10 heteroatoms. The van der Waals surface area contributed by atoms with Crippen molar-refractivity contribution in [2.24, 2.45) is 5.92 Å². The Morgan fingerprint density at radius 1 is 1.03 bits per heavy atom. The minimum atomic E-state index is -3.09. The van der Waals surface area contributed by atoms with Crippen LogP contribution in [0.15, 0.2) is 36.5 Å². The molecule has 1 aromatic heterocycles. The second kappa shape index (κ2) is 12.6. The number of aromatic nitrogens is 1. The van der Waals surface area contributed by atoms with Gasteiger partial charge in [-0.2, -0.15) is 0 Å². The summed E-state index contributed by atoms with van der Waals surface area (Å²) >= 11 is 0. The first kappa shape index (κ1) is 26.5. The van der Waals surface area contributed by atoms with Crippen LogP contribution in [0.3, 0.4) is 0 Å². The summed E-state index contributed by atoms with van der Waals surface area (Å²) in [4.78, 5) is 6.95. The molecule has 0 aliphatic carbocycles. The average Bonchev–Trinajstić information content (AvgIpc) is 3.39. The number of nitrogens with one attached hydrogen (secondary N) is 2. The summed E-state index contributed by atoms with van der Waals surface area (Å²) in [7, 11) is -1.44. The van der Waals surface area contributed by atoms with Crippen LogP contribution in [0.4, 0.5) is 17.2 Å². The van der Waals surface area contributed by atoms with Crippen molar-refractivity contribution >= 4 is 27.2 Å². The zero-order valence-electron chi connectivity index (χ0n) is 21.4. The van der Waals surface area contributed by atoms with E-state index in [1.165, 1.54) is 32.2 Å². The predicted molar refractivity (Wildman–Crippen MR) is 144 cm³/mol. The van der Waals surface area contributed by atoms with Gasteiger partial charge in [-0.15, -0.1) is 0 Å². The molecule has 0 unspecified atom stereocenters. The van der Waals surface area contributed by atoms with Crippen LogP contribution in [-0.2, 0) is 10.0 Å². The number of piperidine rings is 1. The van der Waals surface area contributed by atoms with E-state index in [4.69, 9.17) is 9.47 Å². The fraction of sp³-hybridized carbons (Fsp3) is 0.577. The molecular weight excluding hydrogens is 478 g/mol. The zero-order chi connectivity index (χ0) is 25.4. The molecule has 0 atom stereocenters. The molecular formula is C26H39N5O4S. The summed E-state index contributed by atoms with van der Waals surface area (Å²) in [5, 5.41) is 6.85. The van der Waals surface area contributed by atoms with E-state index in [0.717, 1.165) is 55.3 Å². The molecule has 0 saturated carbocycles. The maximum absolute atomic E-state index is 11.7. The Bertz CT molecular complexity index is 1080. The Kier molecular flexibility index (Phi) is 9.28. The van der Waals surface area contributed by atoms with Gasteiger partial charge in [0.15, 0.2) is 11.5 Å². The maximum atomic E-state index is 11.7. The lowest BCUT2D eigenvalue weighted by Crippen LogP contribution is -2.39. The molecule has 4 rings (SSSR count). The van der Waals surface area contributed by atoms with Gasteiger partial charge in [-0.1, -0.05) is 0 Å². The van der Waals surface area contributed by atoms with Crippen LogP contribution in [-0.4, -0.2) is 81.8 Å². The molecule has 2 aliphatic heterocycles. The Morgan fingerprint density at radius 3 is 2.53 bits per heavy atom. The first-order valence-electron chi connectivity index (χ1n) is 12.9. The molecule has 0 radical (unpaired) electrons. The first-order valence-corrected chi connectivity index (χ1v) is 14.7. The standard InChI is InChI=1S/C26H39N5O4S/c1-34-24-7-6-23(18-25(24)35-17-5-14-30-12-3-4-13-30)29-26-19-22(8-11-27-26)28-20-21-9-15-31(16-10-21)36(2,32)33/h6-8,11,18-19,21H,3-5,9-10,12-17,20H2,1-2H3,(H2,27,28,29). The van der Waals surface area contributed by atoms with Crippen LogP contribution < -0.4 is 20.1 Å². The van der Waals surface area contributed by atoms with E-state index in [-0.39, 0.29) is 0 Å². The van der Waals surface area contributed by atoms with E-state index in [2.05, 4.69) is 20.5 Å². The molecule has 0 amide bonds. The minimum Gasteiger partial charge on any atom is -0.493 e. The van der Waals surface area contributed by atoms with Crippen LogP contribution in [0.5, 0.6) is 11.5 Å². The van der Waals surface area contributed by atoms with E-state index >= 15 is 0 Å². The Morgan fingerprint density at radius 2 is 1.81 bits per heavy atom. The molecule has 2 N–H and O–H groups in total. The molecule has 198 valence electrons. The predicted octanol–water partition coefficient (Wildman–Crippen LogP) is 3.78. The van der Waals surface area contributed by atoms with E-state index in [9.17, 15) is 8.42 Å². The Labute approximate surface area is 215 Å². The summed E-state index contributed by atoms with van der Waals surface area (Å²) in [6, 6.07) is 9.73. The summed E-state index contributed by atoms with van der Waals surface area (Å²) in [5.74, 6) is 2.61. The van der Waals surface area contributed by atoms with Crippen molar-refractivity contribution in [2.75, 3.05) is 69.9 Å². The number of likely N-dealkylation sites (tertiary alicyclic amines) is 1. The number of anilines is 3. The summed E-state index contributed by atoms with van der Waals surface area (Å²) in [5.41, 5.74) is 1.85. The van der Waals surface area contributed by atoms with Crippen LogP contribution >= 0.6 is 0 Å². The van der Waals surface area contributed by atoms with Crippen molar-refractivity contribution < 1.29 is 17.9 Å². The topological polar surface area (TPSA) is 96.0 Å². The second-order valence-electron chi connectivity index (χ2n) is 9.66. The zero-order valence-corrected chi connectivity index (χ0v) is 22.2. The summed E-state index contributed by atoms with van der Waals surface area (Å²) in [6.07, 6.45) is 8.38. The second-order valence-corrected chi connectivity index (χ2v) is 11.6. The normalized spacial score (nSPS) is 17.7. The molecule has 0 bridgehead atoms. The quantitative estimate of drug-likeness (QED) is 0.411. The third kappa shape index (κ3) is 7.72. The third-order valence-electron chi connectivity index (χ3n) is 6.91. The molecule has 9 nitrogen and oxygen atoms in total. The number of ether oxygens (including phenoxy) is 2. The van der Waals surface area contributed by atoms with Gasteiger partial charge in [0.2, 0.25) is 10.0 Å². The highest BCUT2D eigenvalue weighted by Gasteiger charge is 2.24. The lowest BCUT2D eigenvalue weighted by atomic mass is 9.98. The molecule has 36 heavy (non-hydrogen) atoms. The summed E-state index contributed by atoms with van der Waals surface area (Å²) < 4.78 is 36.5. The fourth-order valence-electron chi connectivity index (χ4n) is 4.81. The van der Waals surface area contributed by atoms with E-state index in [1.54, 1.807) is 17.6 Å². The fourth-order valence-corrected chi connectivity index (χ4v) is 5.68. The number of hydrogen-bond donors (Lipinski definition) is 2. The number of sulfonamides is 1. The van der Waals surface area contributed by atoms with Crippen molar-refractivity contribution in [3.05, 3.63) is 36.5 Å². The van der Waals surface area contributed by atoms with Gasteiger partial charge in [-0.25, -0.2) is 17.7 Å². The van der Waals surface area contributed by atoms with Crippen molar-refractivity contribution in [3.8, 4) is 11.5 Å². The molecule has 2 aromatic rings. The Balaban J connectivity index is 1.28. The number of methoxy groups -OCH3 is 1. The minimum absolute atomic E-state index is 0.444. The van der Waals surface area contributed by atoms with Gasteiger partial charge in [-0.3, -0.25) is 0 Å².